The van der Waals surface area contributed by atoms with Crippen LogP contribution in [-0.2, 0) is 4.79 Å². The summed E-state index contributed by atoms with van der Waals surface area (Å²) < 4.78 is 5.62. The molecule has 0 unspecified atom stereocenters. The van der Waals surface area contributed by atoms with Gasteiger partial charge in [0.1, 0.15) is 5.75 Å². The zero-order valence-electron chi connectivity index (χ0n) is 14.3. The van der Waals surface area contributed by atoms with Crippen molar-refractivity contribution in [2.24, 2.45) is 0 Å². The average Bonchev–Trinajstić information content (AvgIpc) is 2.52. The van der Waals surface area contributed by atoms with Crippen molar-refractivity contribution in [3.8, 4) is 5.75 Å². The lowest BCUT2D eigenvalue weighted by molar-refractivity contribution is -0.118. The van der Waals surface area contributed by atoms with Gasteiger partial charge in [-0.05, 0) is 61.1 Å². The first-order valence-electron chi connectivity index (χ1n) is 8.09. The summed E-state index contributed by atoms with van der Waals surface area (Å²) in [7, 11) is 0. The van der Waals surface area contributed by atoms with E-state index in [4.69, 9.17) is 4.74 Å². The molecule has 0 aromatic heterocycles. The van der Waals surface area contributed by atoms with Gasteiger partial charge >= 0.3 is 0 Å². The van der Waals surface area contributed by atoms with Gasteiger partial charge in [0.2, 0.25) is 0 Å². The van der Waals surface area contributed by atoms with E-state index in [0.717, 1.165) is 34.5 Å². The van der Waals surface area contributed by atoms with Crippen molar-refractivity contribution in [1.29, 1.82) is 0 Å². The van der Waals surface area contributed by atoms with Gasteiger partial charge in [0, 0.05) is 5.69 Å². The van der Waals surface area contributed by atoms with Crippen LogP contribution in [0.25, 0.3) is 0 Å². The molecule has 0 bridgehead atoms. The number of benzene rings is 2. The van der Waals surface area contributed by atoms with Crippen LogP contribution >= 0.6 is 0 Å². The number of anilines is 1. The molecule has 122 valence electrons. The quantitative estimate of drug-likeness (QED) is 0.829. The summed E-state index contributed by atoms with van der Waals surface area (Å²) in [6.45, 7) is 8.35. The lowest BCUT2D eigenvalue weighted by Gasteiger charge is -2.16. The Kier molecular flexibility index (Phi) is 5.80. The average molecular weight is 311 g/mol. The van der Waals surface area contributed by atoms with Crippen LogP contribution in [0.15, 0.2) is 42.5 Å². The summed E-state index contributed by atoms with van der Waals surface area (Å²) >= 11 is 0. The molecule has 0 heterocycles. The van der Waals surface area contributed by atoms with Gasteiger partial charge in [0.15, 0.2) is 6.61 Å². The molecule has 0 spiro atoms. The molecule has 0 saturated carbocycles. The molecule has 0 aliphatic heterocycles. The molecule has 0 aliphatic rings. The molecule has 3 nitrogen and oxygen atoms in total. The molecular formula is C20H25NO2. The van der Waals surface area contributed by atoms with Crippen LogP contribution in [0.5, 0.6) is 5.75 Å². The van der Waals surface area contributed by atoms with Crippen LogP contribution in [0, 0.1) is 13.8 Å². The van der Waals surface area contributed by atoms with Crippen molar-refractivity contribution in [3.63, 3.8) is 0 Å². The Morgan fingerprint density at radius 1 is 1.13 bits per heavy atom. The molecule has 0 radical (unpaired) electrons. The third-order valence-corrected chi connectivity index (χ3v) is 3.94. The molecule has 1 N–H and O–H groups in total. The molecule has 2 rings (SSSR count). The summed E-state index contributed by atoms with van der Waals surface area (Å²) in [6.07, 6.45) is 1.03. The molecule has 0 saturated heterocycles. The number of aryl methyl sites for hydroxylation is 2. The second kappa shape index (κ2) is 7.82. The molecule has 0 fully saturated rings. The van der Waals surface area contributed by atoms with Crippen molar-refractivity contribution in [2.75, 3.05) is 11.9 Å². The number of ether oxygens (including phenoxy) is 1. The van der Waals surface area contributed by atoms with E-state index >= 15 is 0 Å². The minimum atomic E-state index is -0.139. The summed E-state index contributed by atoms with van der Waals surface area (Å²) in [5.41, 5.74) is 4.29. The van der Waals surface area contributed by atoms with Crippen molar-refractivity contribution < 1.29 is 9.53 Å². The van der Waals surface area contributed by atoms with Gasteiger partial charge in [-0.3, -0.25) is 4.79 Å². The minimum Gasteiger partial charge on any atom is -0.484 e. The van der Waals surface area contributed by atoms with E-state index in [-0.39, 0.29) is 12.5 Å². The van der Waals surface area contributed by atoms with Gasteiger partial charge in [0.05, 0.1) is 0 Å². The SMILES string of the molecule is CC[C@@H](C)c1ccccc1NC(=O)COc1cc(C)cc(C)c1. The van der Waals surface area contributed by atoms with Crippen molar-refractivity contribution in [2.45, 2.75) is 40.0 Å². The van der Waals surface area contributed by atoms with Gasteiger partial charge in [-0.25, -0.2) is 0 Å². The van der Waals surface area contributed by atoms with Gasteiger partial charge in [-0.1, -0.05) is 38.1 Å². The van der Waals surface area contributed by atoms with E-state index in [1.807, 2.05) is 44.2 Å². The molecule has 2 aromatic carbocycles. The highest BCUT2D eigenvalue weighted by molar-refractivity contribution is 5.92. The third kappa shape index (κ3) is 4.85. The third-order valence-electron chi connectivity index (χ3n) is 3.94. The summed E-state index contributed by atoms with van der Waals surface area (Å²) in [5.74, 6) is 1.000. The minimum absolute atomic E-state index is 0.0116. The van der Waals surface area contributed by atoms with Crippen molar-refractivity contribution in [3.05, 3.63) is 59.2 Å². The molecule has 23 heavy (non-hydrogen) atoms. The molecule has 1 amide bonds. The monoisotopic (exact) mass is 311 g/mol. The topological polar surface area (TPSA) is 38.3 Å². The Morgan fingerprint density at radius 2 is 1.78 bits per heavy atom. The summed E-state index contributed by atoms with van der Waals surface area (Å²) in [4.78, 5) is 12.2. The zero-order valence-corrected chi connectivity index (χ0v) is 14.3. The van der Waals surface area contributed by atoms with Crippen LogP contribution in [0.2, 0.25) is 0 Å². The molecule has 2 aromatic rings. The Hall–Kier alpha value is -2.29. The standard InChI is InChI=1S/C20H25NO2/c1-5-16(4)18-8-6-7-9-19(18)21-20(22)13-23-17-11-14(2)10-15(3)12-17/h6-12,16H,5,13H2,1-4H3,(H,21,22)/t16-/m1/s1. The van der Waals surface area contributed by atoms with Gasteiger partial charge in [-0.15, -0.1) is 0 Å². The normalized spacial score (nSPS) is 11.8. The van der Waals surface area contributed by atoms with E-state index in [0.29, 0.717) is 5.92 Å². The maximum atomic E-state index is 12.2. The number of carbonyl (C=O) groups is 1. The Morgan fingerprint density at radius 3 is 2.43 bits per heavy atom. The number of rotatable bonds is 6. The second-order valence-corrected chi connectivity index (χ2v) is 6.06. The highest BCUT2D eigenvalue weighted by Gasteiger charge is 2.11. The molecule has 0 aliphatic carbocycles. The predicted octanol–water partition coefficient (Wildman–Crippen LogP) is 4.83. The van der Waals surface area contributed by atoms with Crippen LogP contribution in [0.3, 0.4) is 0 Å². The number of para-hydroxylation sites is 1. The van der Waals surface area contributed by atoms with Gasteiger partial charge < -0.3 is 10.1 Å². The van der Waals surface area contributed by atoms with E-state index in [1.54, 1.807) is 0 Å². The lowest BCUT2D eigenvalue weighted by Crippen LogP contribution is -2.21. The lowest BCUT2D eigenvalue weighted by atomic mass is 9.97. The number of carbonyl (C=O) groups excluding carboxylic acids is 1. The molecule has 1 atom stereocenters. The van der Waals surface area contributed by atoms with E-state index in [2.05, 4.69) is 31.3 Å². The van der Waals surface area contributed by atoms with Crippen LogP contribution in [0.1, 0.15) is 42.9 Å². The predicted molar refractivity (Wildman–Crippen MR) is 95.2 cm³/mol. The maximum absolute atomic E-state index is 12.2. The first kappa shape index (κ1) is 17.1. The van der Waals surface area contributed by atoms with E-state index < -0.39 is 0 Å². The molecule has 3 heteroatoms. The van der Waals surface area contributed by atoms with Gasteiger partial charge in [0.25, 0.3) is 5.91 Å². The van der Waals surface area contributed by atoms with Crippen LogP contribution in [-0.4, -0.2) is 12.5 Å². The summed E-state index contributed by atoms with van der Waals surface area (Å²) in [6, 6.07) is 13.9. The zero-order chi connectivity index (χ0) is 16.8. The fourth-order valence-corrected chi connectivity index (χ4v) is 2.61. The highest BCUT2D eigenvalue weighted by atomic mass is 16.5. The van der Waals surface area contributed by atoms with E-state index in [1.165, 1.54) is 0 Å². The number of nitrogens with one attached hydrogen (secondary N) is 1. The van der Waals surface area contributed by atoms with Crippen molar-refractivity contribution >= 4 is 11.6 Å². The number of amides is 1. The fraction of sp³-hybridized carbons (Fsp3) is 0.350. The van der Waals surface area contributed by atoms with Gasteiger partial charge in [-0.2, -0.15) is 0 Å². The Balaban J connectivity index is 2.00. The molecular weight excluding hydrogens is 286 g/mol. The van der Waals surface area contributed by atoms with Crippen molar-refractivity contribution in [1.82, 2.24) is 0 Å². The Bertz CT molecular complexity index is 659. The van der Waals surface area contributed by atoms with Crippen LogP contribution in [0.4, 0.5) is 5.69 Å². The van der Waals surface area contributed by atoms with E-state index in [9.17, 15) is 4.79 Å². The Labute approximate surface area is 138 Å². The second-order valence-electron chi connectivity index (χ2n) is 6.06. The highest BCUT2D eigenvalue weighted by Crippen LogP contribution is 2.26. The largest absolute Gasteiger partial charge is 0.484 e. The smallest absolute Gasteiger partial charge is 0.262 e. The first-order chi connectivity index (χ1) is 11.0. The van der Waals surface area contributed by atoms with Crippen LogP contribution < -0.4 is 10.1 Å². The summed E-state index contributed by atoms with van der Waals surface area (Å²) in [5, 5.41) is 2.96. The maximum Gasteiger partial charge on any atom is 0.262 e. The number of hydrogen-bond acceptors (Lipinski definition) is 2. The first-order valence-corrected chi connectivity index (χ1v) is 8.09. The fourth-order valence-electron chi connectivity index (χ4n) is 2.61. The number of hydrogen-bond donors (Lipinski definition) is 1.